The number of morpholine rings is 1. The molecule has 324 valence electrons. The van der Waals surface area contributed by atoms with Gasteiger partial charge in [-0.1, -0.05) is 128 Å². The Labute approximate surface area is 351 Å². The molecule has 0 spiro atoms. The van der Waals surface area contributed by atoms with Gasteiger partial charge >= 0.3 is 17.6 Å². The highest BCUT2D eigenvalue weighted by Gasteiger charge is 2.26. The van der Waals surface area contributed by atoms with E-state index < -0.39 is 30.0 Å². The lowest BCUT2D eigenvalue weighted by molar-refractivity contribution is -0.157. The third kappa shape index (κ3) is 18.1. The number of esters is 2. The number of benzene rings is 2. The molecular formula is C47H68N4O8. The van der Waals surface area contributed by atoms with Gasteiger partial charge in [0.15, 0.2) is 6.23 Å². The van der Waals surface area contributed by atoms with Gasteiger partial charge in [0, 0.05) is 24.8 Å². The van der Waals surface area contributed by atoms with Gasteiger partial charge in [-0.3, -0.25) is 19.0 Å². The summed E-state index contributed by atoms with van der Waals surface area (Å²) in [6, 6.07) is 14.1. The number of anilines is 1. The molecule has 12 heteroatoms. The standard InChI is InChI=1S/C47H68N4O8/c1-4-5-6-7-8-9-10-11-12-13-14-15-16-17-18-22-29-56-41-31-38(30-36(2)37(41)3)34-57-44(52)25-26-45(53)58-35-40-32-48-33-43(59-40)51-28-27-42(50-47(51)55)49-46(54)39-23-20-19-21-24-39/h19-21,23-24,27-28,30-31,40,43,48H,4-18,22,25-26,29,32-35H2,1-3H3,(H,49,50,54,55)/t40-,43?/m0/s1. The lowest BCUT2D eigenvalue weighted by Crippen LogP contribution is -2.47. The van der Waals surface area contributed by atoms with Crippen LogP contribution in [-0.2, 0) is 30.4 Å². The van der Waals surface area contributed by atoms with Crippen molar-refractivity contribution in [1.29, 1.82) is 0 Å². The molecule has 2 aromatic carbocycles. The van der Waals surface area contributed by atoms with Gasteiger partial charge in [0.25, 0.3) is 5.91 Å². The average molecular weight is 817 g/mol. The van der Waals surface area contributed by atoms with E-state index in [9.17, 15) is 19.2 Å². The van der Waals surface area contributed by atoms with Crippen LogP contribution in [0.2, 0.25) is 0 Å². The molecule has 1 aromatic heterocycles. The number of carbonyl (C=O) groups excluding carboxylic acids is 3. The third-order valence-electron chi connectivity index (χ3n) is 10.8. The number of nitrogens with one attached hydrogen (secondary N) is 2. The van der Waals surface area contributed by atoms with Gasteiger partial charge in [0.05, 0.1) is 19.4 Å². The smallest absolute Gasteiger partial charge is 0.351 e. The number of nitrogens with zero attached hydrogens (tertiary/aromatic N) is 2. The van der Waals surface area contributed by atoms with Crippen molar-refractivity contribution in [2.45, 2.75) is 155 Å². The van der Waals surface area contributed by atoms with Crippen molar-refractivity contribution >= 4 is 23.7 Å². The number of carbonyl (C=O) groups is 3. The summed E-state index contributed by atoms with van der Waals surface area (Å²) >= 11 is 0. The maximum Gasteiger partial charge on any atom is 0.351 e. The topological polar surface area (TPSA) is 147 Å². The third-order valence-corrected chi connectivity index (χ3v) is 10.8. The summed E-state index contributed by atoms with van der Waals surface area (Å²) in [6.07, 6.45) is 21.3. The molecule has 0 radical (unpaired) electrons. The Morgan fingerprint density at radius 2 is 1.41 bits per heavy atom. The first-order valence-corrected chi connectivity index (χ1v) is 22.1. The zero-order valence-corrected chi connectivity index (χ0v) is 35.8. The van der Waals surface area contributed by atoms with Gasteiger partial charge in [-0.2, -0.15) is 4.98 Å². The van der Waals surface area contributed by atoms with E-state index in [-0.39, 0.29) is 37.8 Å². The SMILES string of the molecule is CCCCCCCCCCCCCCCCCCOc1cc(COC(=O)CCC(=O)OC[C@@H]2CNCC(n3ccc(NC(=O)c4ccccc4)nc3=O)O2)cc(C)c1C. The van der Waals surface area contributed by atoms with Gasteiger partial charge in [0.1, 0.15) is 30.9 Å². The average Bonchev–Trinajstić information content (AvgIpc) is 3.24. The first-order chi connectivity index (χ1) is 28.7. The van der Waals surface area contributed by atoms with Gasteiger partial charge in [-0.15, -0.1) is 0 Å². The second kappa shape index (κ2) is 27.3. The highest BCUT2D eigenvalue weighted by atomic mass is 16.6. The lowest BCUT2D eigenvalue weighted by atomic mass is 10.0. The van der Waals surface area contributed by atoms with Crippen molar-refractivity contribution < 1.29 is 33.3 Å². The Bertz CT molecular complexity index is 1760. The van der Waals surface area contributed by atoms with E-state index in [1.54, 1.807) is 30.3 Å². The largest absolute Gasteiger partial charge is 0.493 e. The van der Waals surface area contributed by atoms with Gasteiger partial charge in [0.2, 0.25) is 0 Å². The number of hydrogen-bond acceptors (Lipinski definition) is 10. The highest BCUT2D eigenvalue weighted by molar-refractivity contribution is 6.03. The minimum absolute atomic E-state index is 0.0599. The van der Waals surface area contributed by atoms with Crippen LogP contribution in [0.25, 0.3) is 0 Å². The Kier molecular flexibility index (Phi) is 21.8. The predicted molar refractivity (Wildman–Crippen MR) is 231 cm³/mol. The molecule has 2 atom stereocenters. The lowest BCUT2D eigenvalue weighted by Gasteiger charge is -2.31. The summed E-state index contributed by atoms with van der Waals surface area (Å²) in [6.45, 7) is 7.76. The number of rotatable bonds is 28. The molecule has 12 nitrogen and oxygen atoms in total. The Hall–Kier alpha value is -4.55. The van der Waals surface area contributed by atoms with Gasteiger partial charge < -0.3 is 29.6 Å². The zero-order valence-electron chi connectivity index (χ0n) is 35.8. The van der Waals surface area contributed by atoms with E-state index in [2.05, 4.69) is 22.5 Å². The normalized spacial score (nSPS) is 15.1. The number of aromatic nitrogens is 2. The van der Waals surface area contributed by atoms with Crippen LogP contribution in [0, 0.1) is 13.8 Å². The van der Waals surface area contributed by atoms with Crippen LogP contribution in [0.4, 0.5) is 5.82 Å². The number of unbranched alkanes of at least 4 members (excludes halogenated alkanes) is 15. The molecule has 1 aliphatic heterocycles. The van der Waals surface area contributed by atoms with Crippen LogP contribution in [0.5, 0.6) is 5.75 Å². The Morgan fingerprint density at radius 3 is 2.03 bits per heavy atom. The van der Waals surface area contributed by atoms with Crippen molar-refractivity contribution in [3.05, 3.63) is 87.5 Å². The monoisotopic (exact) mass is 817 g/mol. The molecule has 0 saturated carbocycles. The highest BCUT2D eigenvalue weighted by Crippen LogP contribution is 2.25. The molecule has 1 fully saturated rings. The van der Waals surface area contributed by atoms with E-state index in [1.807, 2.05) is 26.0 Å². The van der Waals surface area contributed by atoms with Crippen LogP contribution < -0.4 is 21.1 Å². The molecule has 4 rings (SSSR count). The first-order valence-electron chi connectivity index (χ1n) is 22.1. The van der Waals surface area contributed by atoms with E-state index in [4.69, 9.17) is 18.9 Å². The first kappa shape index (κ1) is 47.1. The maximum atomic E-state index is 12.8. The van der Waals surface area contributed by atoms with Gasteiger partial charge in [-0.05, 0) is 61.2 Å². The molecular weight excluding hydrogens is 749 g/mol. The van der Waals surface area contributed by atoms with Crippen LogP contribution in [-0.4, -0.2) is 59.8 Å². The minimum Gasteiger partial charge on any atom is -0.493 e. The predicted octanol–water partition coefficient (Wildman–Crippen LogP) is 9.31. The van der Waals surface area contributed by atoms with Crippen molar-refractivity contribution in [2.24, 2.45) is 0 Å². The minimum atomic E-state index is -0.698. The van der Waals surface area contributed by atoms with Crippen LogP contribution in [0.3, 0.4) is 0 Å². The molecule has 1 aliphatic rings. The van der Waals surface area contributed by atoms with Crippen molar-refractivity contribution in [2.75, 3.05) is 31.6 Å². The molecule has 3 aromatic rings. The summed E-state index contributed by atoms with van der Waals surface area (Å²) in [5, 5.41) is 5.80. The number of aryl methyl sites for hydroxylation is 1. The molecule has 59 heavy (non-hydrogen) atoms. The quantitative estimate of drug-likeness (QED) is 0.0537. The van der Waals surface area contributed by atoms with Gasteiger partial charge in [-0.25, -0.2) is 4.79 Å². The molecule has 2 N–H and O–H groups in total. The molecule has 0 bridgehead atoms. The van der Waals surface area contributed by atoms with E-state index in [0.717, 1.165) is 35.3 Å². The molecule has 0 aliphatic carbocycles. The van der Waals surface area contributed by atoms with E-state index >= 15 is 0 Å². The zero-order chi connectivity index (χ0) is 42.1. The van der Waals surface area contributed by atoms with Crippen LogP contribution >= 0.6 is 0 Å². The molecule has 1 saturated heterocycles. The second-order valence-electron chi connectivity index (χ2n) is 15.7. The maximum absolute atomic E-state index is 12.8. The van der Waals surface area contributed by atoms with E-state index in [0.29, 0.717) is 25.3 Å². The summed E-state index contributed by atoms with van der Waals surface area (Å²) in [5.74, 6) is -0.496. The molecule has 1 amide bonds. The Morgan fingerprint density at radius 1 is 0.797 bits per heavy atom. The van der Waals surface area contributed by atoms with Crippen molar-refractivity contribution in [1.82, 2.24) is 14.9 Å². The summed E-state index contributed by atoms with van der Waals surface area (Å²) in [4.78, 5) is 54.2. The summed E-state index contributed by atoms with van der Waals surface area (Å²) in [7, 11) is 0. The fourth-order valence-corrected chi connectivity index (χ4v) is 7.09. The fourth-order valence-electron chi connectivity index (χ4n) is 7.09. The van der Waals surface area contributed by atoms with Crippen molar-refractivity contribution in [3.8, 4) is 5.75 Å². The summed E-state index contributed by atoms with van der Waals surface area (Å²) < 4.78 is 24.4. The number of ether oxygens (including phenoxy) is 4. The van der Waals surface area contributed by atoms with Crippen LogP contribution in [0.15, 0.2) is 59.5 Å². The fraction of sp³-hybridized carbons (Fsp3) is 0.596. The second-order valence-corrected chi connectivity index (χ2v) is 15.7. The summed E-state index contributed by atoms with van der Waals surface area (Å²) in [5.41, 5.74) is 2.82. The van der Waals surface area contributed by atoms with Crippen LogP contribution in [0.1, 0.15) is 156 Å². The number of amides is 1. The molecule has 1 unspecified atom stereocenters. The molecule has 2 heterocycles. The Balaban J connectivity index is 1.05. The van der Waals surface area contributed by atoms with Crippen molar-refractivity contribution in [3.63, 3.8) is 0 Å². The van der Waals surface area contributed by atoms with E-state index in [1.165, 1.54) is 107 Å². The number of hydrogen-bond donors (Lipinski definition) is 2.